The first-order valence-electron chi connectivity index (χ1n) is 7.01. The third kappa shape index (κ3) is 3.04. The zero-order valence-corrected chi connectivity index (χ0v) is 13.0. The quantitative estimate of drug-likeness (QED) is 0.729. The topological polar surface area (TPSA) is 18.5 Å². The Labute approximate surface area is 135 Å². The van der Waals surface area contributed by atoms with Crippen molar-refractivity contribution in [2.45, 2.75) is 36.4 Å². The number of halogens is 6. The Morgan fingerprint density at radius 2 is 1.46 bits per heavy atom. The first-order valence-corrected chi connectivity index (χ1v) is 7.01. The molecule has 0 fully saturated rings. The molecule has 24 heavy (non-hydrogen) atoms. The van der Waals surface area contributed by atoms with E-state index in [1.54, 1.807) is 6.07 Å². The summed E-state index contributed by atoms with van der Waals surface area (Å²) in [4.78, 5) is 0. The fourth-order valence-corrected chi connectivity index (χ4v) is 2.90. The Morgan fingerprint density at radius 1 is 0.875 bits per heavy atom. The lowest BCUT2D eigenvalue weighted by atomic mass is 9.73. The van der Waals surface area contributed by atoms with Gasteiger partial charge in [-0.1, -0.05) is 30.3 Å². The highest BCUT2D eigenvalue weighted by molar-refractivity contribution is 5.69. The molecule has 2 unspecified atom stereocenters. The lowest BCUT2D eigenvalue weighted by Crippen LogP contribution is -2.59. The first kappa shape index (κ1) is 18.8. The van der Waals surface area contributed by atoms with Gasteiger partial charge in [0.25, 0.3) is 0 Å². The van der Waals surface area contributed by atoms with Gasteiger partial charge in [0.15, 0.2) is 11.2 Å². The van der Waals surface area contributed by atoms with E-state index in [2.05, 4.69) is 9.47 Å². The number of hydrogen-bond acceptors (Lipinski definition) is 2. The van der Waals surface area contributed by atoms with Gasteiger partial charge in [0.1, 0.15) is 0 Å². The van der Waals surface area contributed by atoms with E-state index in [4.69, 9.17) is 0 Å². The molecule has 0 heterocycles. The number of ether oxygens (including phenoxy) is 2. The summed E-state index contributed by atoms with van der Waals surface area (Å²) in [6.07, 6.45) is -11.4. The predicted octanol–water partition coefficient (Wildman–Crippen LogP) is 4.76. The van der Waals surface area contributed by atoms with Crippen LogP contribution in [0, 0.1) is 0 Å². The number of rotatable bonds is 3. The highest BCUT2D eigenvalue weighted by Gasteiger charge is 2.67. The summed E-state index contributed by atoms with van der Waals surface area (Å²) >= 11 is 0. The fourth-order valence-electron chi connectivity index (χ4n) is 2.90. The van der Waals surface area contributed by atoms with E-state index in [9.17, 15) is 26.3 Å². The van der Waals surface area contributed by atoms with Crippen LogP contribution in [0.15, 0.2) is 36.4 Å². The Bertz CT molecular complexity index is 607. The van der Waals surface area contributed by atoms with Crippen LogP contribution in [-0.4, -0.2) is 37.8 Å². The summed E-state index contributed by atoms with van der Waals surface area (Å²) in [5, 5.41) is 0. The van der Waals surface area contributed by atoms with E-state index < -0.39 is 36.4 Å². The van der Waals surface area contributed by atoms with Gasteiger partial charge in [-0.25, -0.2) is 0 Å². The summed E-state index contributed by atoms with van der Waals surface area (Å²) in [5.41, 5.74) is -5.94. The molecule has 1 aromatic carbocycles. The highest BCUT2D eigenvalue weighted by Crippen LogP contribution is 2.54. The lowest BCUT2D eigenvalue weighted by molar-refractivity contribution is -0.316. The molecule has 134 valence electrons. The molecule has 0 spiro atoms. The van der Waals surface area contributed by atoms with Crippen LogP contribution in [-0.2, 0) is 9.47 Å². The normalized spacial score (nSPS) is 28.6. The van der Waals surface area contributed by atoms with Crippen molar-refractivity contribution in [3.63, 3.8) is 0 Å². The monoisotopic (exact) mass is 354 g/mol. The van der Waals surface area contributed by atoms with Crippen molar-refractivity contribution in [3.05, 3.63) is 42.0 Å². The van der Waals surface area contributed by atoms with Gasteiger partial charge in [-0.2, -0.15) is 26.3 Å². The van der Waals surface area contributed by atoms with Crippen molar-refractivity contribution in [1.29, 1.82) is 0 Å². The van der Waals surface area contributed by atoms with E-state index in [0.29, 0.717) is 0 Å². The van der Waals surface area contributed by atoms with Gasteiger partial charge >= 0.3 is 12.4 Å². The smallest absolute Gasteiger partial charge is 0.368 e. The van der Waals surface area contributed by atoms with Crippen LogP contribution < -0.4 is 0 Å². The third-order valence-electron chi connectivity index (χ3n) is 4.33. The van der Waals surface area contributed by atoms with Crippen molar-refractivity contribution < 1.29 is 35.8 Å². The molecule has 0 saturated carbocycles. The molecule has 2 nitrogen and oxygen atoms in total. The van der Waals surface area contributed by atoms with Crippen molar-refractivity contribution >= 4 is 5.57 Å². The van der Waals surface area contributed by atoms with Gasteiger partial charge in [0.05, 0.1) is 0 Å². The van der Waals surface area contributed by atoms with Crippen molar-refractivity contribution in [2.24, 2.45) is 0 Å². The molecule has 0 amide bonds. The maximum absolute atomic E-state index is 13.6. The van der Waals surface area contributed by atoms with E-state index in [1.165, 1.54) is 24.3 Å². The molecule has 8 heteroatoms. The second-order valence-electron chi connectivity index (χ2n) is 5.68. The zero-order valence-electron chi connectivity index (χ0n) is 13.0. The van der Waals surface area contributed by atoms with Crippen LogP contribution in [0.5, 0.6) is 0 Å². The summed E-state index contributed by atoms with van der Waals surface area (Å²) in [7, 11) is 1.51. The zero-order chi connectivity index (χ0) is 18.2. The number of benzene rings is 1. The molecule has 1 aromatic rings. The van der Waals surface area contributed by atoms with Crippen LogP contribution in [0.3, 0.4) is 0 Å². The van der Waals surface area contributed by atoms with E-state index in [0.717, 1.165) is 20.3 Å². The van der Waals surface area contributed by atoms with Gasteiger partial charge in [-0.05, 0) is 17.2 Å². The summed E-state index contributed by atoms with van der Waals surface area (Å²) in [6.45, 7) is 0. The maximum atomic E-state index is 13.6. The molecule has 0 aromatic heterocycles. The van der Waals surface area contributed by atoms with Gasteiger partial charge in [-0.15, -0.1) is 0 Å². The molecule has 0 aliphatic heterocycles. The number of methoxy groups -OCH3 is 2. The average Bonchev–Trinajstić information content (AvgIpc) is 2.53. The van der Waals surface area contributed by atoms with Gasteiger partial charge in [-0.3, -0.25) is 0 Å². The number of alkyl halides is 6. The molecule has 1 aliphatic rings. The Balaban J connectivity index is 2.68. The van der Waals surface area contributed by atoms with Crippen LogP contribution in [0.4, 0.5) is 26.3 Å². The molecule has 2 rings (SSSR count). The second-order valence-corrected chi connectivity index (χ2v) is 5.68. The lowest BCUT2D eigenvalue weighted by Gasteiger charge is -2.46. The minimum absolute atomic E-state index is 0.125. The summed E-state index contributed by atoms with van der Waals surface area (Å²) in [6, 6.07) is 7.59. The van der Waals surface area contributed by atoms with Crippen LogP contribution in [0.1, 0.15) is 18.4 Å². The van der Waals surface area contributed by atoms with Crippen LogP contribution >= 0.6 is 0 Å². The van der Waals surface area contributed by atoms with Crippen LogP contribution in [0.2, 0.25) is 0 Å². The second kappa shape index (κ2) is 6.07. The predicted molar refractivity (Wildman–Crippen MR) is 75.2 cm³/mol. The van der Waals surface area contributed by atoms with Crippen LogP contribution in [0.25, 0.3) is 5.57 Å². The molecule has 0 bridgehead atoms. The Morgan fingerprint density at radius 3 is 1.88 bits per heavy atom. The van der Waals surface area contributed by atoms with E-state index in [1.807, 2.05) is 0 Å². The van der Waals surface area contributed by atoms with Crippen molar-refractivity contribution in [1.82, 2.24) is 0 Å². The minimum atomic E-state index is -5.03. The van der Waals surface area contributed by atoms with Gasteiger partial charge in [0, 0.05) is 27.1 Å². The molecule has 0 radical (unpaired) electrons. The maximum Gasteiger partial charge on any atom is 0.421 e. The molecule has 0 saturated heterocycles. The highest BCUT2D eigenvalue weighted by atomic mass is 19.4. The SMILES string of the molecule is COC1(C(F)(F)F)C=C(c2ccccc2)CC(OC)(C(F)(F)F)C1. The summed E-state index contributed by atoms with van der Waals surface area (Å²) in [5.74, 6) is 0. The van der Waals surface area contributed by atoms with E-state index >= 15 is 0 Å². The number of hydrogen-bond donors (Lipinski definition) is 0. The molecule has 1 aliphatic carbocycles. The Kier molecular flexibility index (Phi) is 4.76. The van der Waals surface area contributed by atoms with Gasteiger partial charge in [0.2, 0.25) is 0 Å². The Hall–Kier alpha value is -1.54. The first-order chi connectivity index (χ1) is 11.0. The average molecular weight is 354 g/mol. The van der Waals surface area contributed by atoms with E-state index in [-0.39, 0.29) is 11.1 Å². The molecular formula is C16H16F6O2. The fraction of sp³-hybridized carbons (Fsp3) is 0.500. The third-order valence-corrected chi connectivity index (χ3v) is 4.33. The summed E-state index contributed by atoms with van der Waals surface area (Å²) < 4.78 is 90.6. The standard InChI is InChI=1S/C16H16F6O2/c1-23-13(15(17,18)19)8-12(11-6-4-3-5-7-11)9-14(10-13,24-2)16(20,21)22/h3-8H,9-10H2,1-2H3. The molecule has 0 N–H and O–H groups in total. The largest absolute Gasteiger partial charge is 0.421 e. The van der Waals surface area contributed by atoms with Crippen molar-refractivity contribution in [2.75, 3.05) is 14.2 Å². The minimum Gasteiger partial charge on any atom is -0.368 e. The van der Waals surface area contributed by atoms with Crippen molar-refractivity contribution in [3.8, 4) is 0 Å². The van der Waals surface area contributed by atoms with Gasteiger partial charge < -0.3 is 9.47 Å². The molecular weight excluding hydrogens is 338 g/mol. The molecule has 2 atom stereocenters.